The summed E-state index contributed by atoms with van der Waals surface area (Å²) >= 11 is 0. The molecule has 3 aromatic carbocycles. The number of rotatable bonds is 8. The summed E-state index contributed by atoms with van der Waals surface area (Å²) in [4.78, 5) is 34.4. The average Bonchev–Trinajstić information content (AvgIpc) is 2.79. The second-order valence-electron chi connectivity index (χ2n) is 6.56. The van der Waals surface area contributed by atoms with E-state index in [4.69, 9.17) is 9.47 Å². The number of non-ortho nitro benzene ring substituents is 2. The van der Waals surface area contributed by atoms with Gasteiger partial charge in [0, 0.05) is 29.8 Å². The van der Waals surface area contributed by atoms with Crippen molar-refractivity contribution in [3.8, 4) is 11.5 Å². The second-order valence-corrected chi connectivity index (χ2v) is 6.56. The Bertz CT molecular complexity index is 1070. The van der Waals surface area contributed by atoms with Crippen LogP contribution in [0.25, 0.3) is 0 Å². The molecule has 0 N–H and O–H groups in total. The van der Waals surface area contributed by atoms with Gasteiger partial charge in [0.05, 0.1) is 30.0 Å². The predicted octanol–water partition coefficient (Wildman–Crippen LogP) is 4.54. The predicted molar refractivity (Wildman–Crippen MR) is 112 cm³/mol. The number of carbonyl (C=O) groups excluding carboxylic acids is 1. The molecular formula is C22H18N2O7. The van der Waals surface area contributed by atoms with E-state index in [1.807, 2.05) is 0 Å². The van der Waals surface area contributed by atoms with E-state index in [0.29, 0.717) is 28.2 Å². The van der Waals surface area contributed by atoms with Crippen molar-refractivity contribution in [3.63, 3.8) is 0 Å². The first-order chi connectivity index (χ1) is 14.8. The summed E-state index contributed by atoms with van der Waals surface area (Å²) in [5.41, 5.74) is 1.15. The lowest BCUT2D eigenvalue weighted by Crippen LogP contribution is -2.15. The number of methoxy groups -OCH3 is 2. The van der Waals surface area contributed by atoms with Gasteiger partial charge in [-0.1, -0.05) is 24.3 Å². The van der Waals surface area contributed by atoms with E-state index in [1.54, 1.807) is 18.2 Å². The summed E-state index contributed by atoms with van der Waals surface area (Å²) in [6.07, 6.45) is 0. The maximum absolute atomic E-state index is 13.5. The minimum Gasteiger partial charge on any atom is -0.493 e. The fraction of sp³-hybridized carbons (Fsp3) is 0.136. The van der Waals surface area contributed by atoms with E-state index < -0.39 is 15.8 Å². The van der Waals surface area contributed by atoms with Crippen molar-refractivity contribution in [1.29, 1.82) is 0 Å². The van der Waals surface area contributed by atoms with E-state index in [0.717, 1.165) is 0 Å². The first-order valence-electron chi connectivity index (χ1n) is 9.10. The van der Waals surface area contributed by atoms with Crippen LogP contribution in [0.1, 0.15) is 27.4 Å². The Morgan fingerprint density at radius 3 is 1.58 bits per heavy atom. The van der Waals surface area contributed by atoms with Crippen LogP contribution in [-0.2, 0) is 0 Å². The summed E-state index contributed by atoms with van der Waals surface area (Å²) in [6, 6.07) is 16.0. The highest BCUT2D eigenvalue weighted by Crippen LogP contribution is 2.34. The zero-order valence-electron chi connectivity index (χ0n) is 16.7. The van der Waals surface area contributed by atoms with Crippen molar-refractivity contribution >= 4 is 17.2 Å². The van der Waals surface area contributed by atoms with Crippen molar-refractivity contribution in [3.05, 3.63) is 104 Å². The molecule has 3 aromatic rings. The van der Waals surface area contributed by atoms with Crippen LogP contribution in [-0.4, -0.2) is 29.8 Å². The molecular weight excluding hydrogens is 404 g/mol. The maximum atomic E-state index is 13.5. The molecule has 3 rings (SSSR count). The fourth-order valence-corrected chi connectivity index (χ4v) is 3.23. The van der Waals surface area contributed by atoms with Gasteiger partial charge < -0.3 is 9.47 Å². The molecule has 0 saturated heterocycles. The molecule has 0 aliphatic rings. The molecule has 0 saturated carbocycles. The van der Waals surface area contributed by atoms with Crippen LogP contribution in [0.2, 0.25) is 0 Å². The van der Waals surface area contributed by atoms with Gasteiger partial charge in [0.1, 0.15) is 0 Å². The van der Waals surface area contributed by atoms with Gasteiger partial charge >= 0.3 is 0 Å². The summed E-state index contributed by atoms with van der Waals surface area (Å²) in [5, 5.41) is 22.0. The Kier molecular flexibility index (Phi) is 6.25. The molecule has 0 bridgehead atoms. The van der Waals surface area contributed by atoms with Crippen molar-refractivity contribution < 1.29 is 24.1 Å². The van der Waals surface area contributed by atoms with Crippen LogP contribution < -0.4 is 9.47 Å². The topological polar surface area (TPSA) is 122 Å². The summed E-state index contributed by atoms with van der Waals surface area (Å²) < 4.78 is 10.5. The number of nitro benzene ring substituents is 2. The highest BCUT2D eigenvalue weighted by atomic mass is 16.6. The molecule has 0 radical (unpaired) electrons. The number of hydrogen-bond acceptors (Lipinski definition) is 7. The molecule has 0 unspecified atom stereocenters. The Labute approximate surface area is 177 Å². The number of Topliss-reactive ketones (excluding diaryl/α,β-unsaturated/α-hetero) is 1. The number of carbonyl (C=O) groups is 1. The van der Waals surface area contributed by atoms with Crippen molar-refractivity contribution in [2.24, 2.45) is 0 Å². The number of benzene rings is 3. The van der Waals surface area contributed by atoms with Gasteiger partial charge in [0.15, 0.2) is 17.3 Å². The maximum Gasteiger partial charge on any atom is 0.269 e. The van der Waals surface area contributed by atoms with Crippen LogP contribution in [0.5, 0.6) is 11.5 Å². The zero-order chi connectivity index (χ0) is 22.5. The number of nitro groups is 2. The molecule has 0 fully saturated rings. The van der Waals surface area contributed by atoms with Crippen LogP contribution in [0.4, 0.5) is 11.4 Å². The molecule has 0 spiro atoms. The molecule has 9 heteroatoms. The van der Waals surface area contributed by atoms with E-state index in [2.05, 4.69) is 0 Å². The van der Waals surface area contributed by atoms with Gasteiger partial charge in [-0.15, -0.1) is 0 Å². The number of ether oxygens (including phenoxy) is 2. The SMILES string of the molecule is COc1ccc(C(=O)C(c2ccc([N+](=O)[O-])cc2)c2ccc([N+](=O)[O-])cc2)cc1OC. The Morgan fingerprint density at radius 1 is 0.742 bits per heavy atom. The number of nitrogens with zero attached hydrogens (tertiary/aromatic N) is 2. The zero-order valence-corrected chi connectivity index (χ0v) is 16.7. The van der Waals surface area contributed by atoms with Gasteiger partial charge in [-0.3, -0.25) is 25.0 Å². The third-order valence-corrected chi connectivity index (χ3v) is 4.80. The minimum atomic E-state index is -0.834. The summed E-state index contributed by atoms with van der Waals surface area (Å²) in [5.74, 6) is -0.302. The summed E-state index contributed by atoms with van der Waals surface area (Å²) in [6.45, 7) is 0. The van der Waals surface area contributed by atoms with Crippen molar-refractivity contribution in [2.75, 3.05) is 14.2 Å². The standard InChI is InChI=1S/C22H18N2O7/c1-30-19-12-7-16(13-20(19)31-2)22(25)21(14-3-8-17(9-4-14)23(26)27)15-5-10-18(11-6-15)24(28)29/h3-13,21H,1-2H3. The Balaban J connectivity index is 2.09. The lowest BCUT2D eigenvalue weighted by atomic mass is 9.84. The highest BCUT2D eigenvalue weighted by Gasteiger charge is 2.26. The molecule has 0 heterocycles. The van der Waals surface area contributed by atoms with Gasteiger partial charge in [-0.2, -0.15) is 0 Å². The van der Waals surface area contributed by atoms with Crippen LogP contribution >= 0.6 is 0 Å². The molecule has 0 amide bonds. The van der Waals surface area contributed by atoms with Gasteiger partial charge in [-0.05, 0) is 29.3 Å². The van der Waals surface area contributed by atoms with Gasteiger partial charge in [0.25, 0.3) is 11.4 Å². The largest absolute Gasteiger partial charge is 0.493 e. The molecule has 31 heavy (non-hydrogen) atoms. The molecule has 0 aliphatic heterocycles. The quantitative estimate of drug-likeness (QED) is 0.297. The highest BCUT2D eigenvalue weighted by molar-refractivity contribution is 6.03. The first-order valence-corrected chi connectivity index (χ1v) is 9.10. The lowest BCUT2D eigenvalue weighted by Gasteiger charge is -2.18. The van der Waals surface area contributed by atoms with E-state index in [9.17, 15) is 25.0 Å². The third-order valence-electron chi connectivity index (χ3n) is 4.80. The molecule has 0 aliphatic carbocycles. The average molecular weight is 422 g/mol. The second kappa shape index (κ2) is 9.04. The van der Waals surface area contributed by atoms with Crippen LogP contribution in [0.3, 0.4) is 0 Å². The van der Waals surface area contributed by atoms with Gasteiger partial charge in [-0.25, -0.2) is 0 Å². The van der Waals surface area contributed by atoms with Gasteiger partial charge in [0.2, 0.25) is 0 Å². The first kappa shape index (κ1) is 21.4. The number of ketones is 1. The van der Waals surface area contributed by atoms with Crippen LogP contribution in [0.15, 0.2) is 66.7 Å². The van der Waals surface area contributed by atoms with Crippen molar-refractivity contribution in [1.82, 2.24) is 0 Å². The van der Waals surface area contributed by atoms with Crippen molar-refractivity contribution in [2.45, 2.75) is 5.92 Å². The van der Waals surface area contributed by atoms with Crippen LogP contribution in [0, 0.1) is 20.2 Å². The van der Waals surface area contributed by atoms with E-state index >= 15 is 0 Å². The Hall–Kier alpha value is -4.27. The molecule has 0 aromatic heterocycles. The smallest absolute Gasteiger partial charge is 0.269 e. The monoisotopic (exact) mass is 422 g/mol. The summed E-state index contributed by atoms with van der Waals surface area (Å²) in [7, 11) is 2.94. The third kappa shape index (κ3) is 4.50. The number of hydrogen-bond donors (Lipinski definition) is 0. The normalized spacial score (nSPS) is 10.5. The molecule has 158 valence electrons. The Morgan fingerprint density at radius 2 is 1.19 bits per heavy atom. The molecule has 0 atom stereocenters. The van der Waals surface area contributed by atoms with E-state index in [-0.39, 0.29) is 17.2 Å². The fourth-order valence-electron chi connectivity index (χ4n) is 3.23. The van der Waals surface area contributed by atoms with E-state index in [1.165, 1.54) is 62.8 Å². The molecule has 9 nitrogen and oxygen atoms in total. The minimum absolute atomic E-state index is 0.107. The lowest BCUT2D eigenvalue weighted by molar-refractivity contribution is -0.385.